The normalized spacial score (nSPS) is 17.6. The summed E-state index contributed by atoms with van der Waals surface area (Å²) in [6.45, 7) is 4.75. The average molecular weight is 233 g/mol. The summed E-state index contributed by atoms with van der Waals surface area (Å²) < 4.78 is 0. The Bertz CT molecular complexity index is 410. The highest BCUT2D eigenvalue weighted by atomic mass is 16.2. The molecule has 1 aliphatic rings. The van der Waals surface area contributed by atoms with Gasteiger partial charge >= 0.3 is 0 Å². The molecule has 0 unspecified atom stereocenters. The maximum atomic E-state index is 11.8. The average Bonchev–Trinajstić information content (AvgIpc) is 3.07. The fourth-order valence-electron chi connectivity index (χ4n) is 1.70. The number of hydrogen-bond donors (Lipinski definition) is 2. The number of hydrogen-bond acceptors (Lipinski definition) is 3. The number of nitrogens with two attached hydrogens (primary N) is 1. The standard InChI is InChI=1S/C13H19N3O/c1-12(2,10-4-3-7-15-8-10)9-16-11(17)13(14)5-6-13/h3-4,7-8H,5-6,9,14H2,1-2H3,(H,16,17). The molecule has 0 radical (unpaired) electrons. The van der Waals surface area contributed by atoms with E-state index in [4.69, 9.17) is 5.73 Å². The molecule has 17 heavy (non-hydrogen) atoms. The van der Waals surface area contributed by atoms with Crippen molar-refractivity contribution in [1.82, 2.24) is 10.3 Å². The molecule has 1 amide bonds. The van der Waals surface area contributed by atoms with Gasteiger partial charge in [-0.05, 0) is 24.5 Å². The maximum Gasteiger partial charge on any atom is 0.240 e. The second-order valence-corrected chi connectivity index (χ2v) is 5.46. The monoisotopic (exact) mass is 233 g/mol. The van der Waals surface area contributed by atoms with Crippen molar-refractivity contribution in [2.24, 2.45) is 5.73 Å². The summed E-state index contributed by atoms with van der Waals surface area (Å²) in [7, 11) is 0. The predicted molar refractivity (Wildman–Crippen MR) is 66.4 cm³/mol. The molecule has 1 saturated carbocycles. The highest BCUT2D eigenvalue weighted by molar-refractivity contribution is 5.89. The van der Waals surface area contributed by atoms with Crippen LogP contribution in [-0.2, 0) is 10.2 Å². The van der Waals surface area contributed by atoms with Crippen LogP contribution in [-0.4, -0.2) is 23.0 Å². The van der Waals surface area contributed by atoms with Gasteiger partial charge in [-0.3, -0.25) is 9.78 Å². The van der Waals surface area contributed by atoms with Gasteiger partial charge in [0.15, 0.2) is 0 Å². The molecule has 1 aromatic heterocycles. The topological polar surface area (TPSA) is 68.0 Å². The van der Waals surface area contributed by atoms with Crippen LogP contribution < -0.4 is 11.1 Å². The summed E-state index contributed by atoms with van der Waals surface area (Å²) in [5.41, 5.74) is 6.22. The Balaban J connectivity index is 1.96. The van der Waals surface area contributed by atoms with E-state index in [1.54, 1.807) is 6.20 Å². The summed E-state index contributed by atoms with van der Waals surface area (Å²) >= 11 is 0. The zero-order chi connectivity index (χ0) is 12.5. The molecule has 0 aromatic carbocycles. The number of rotatable bonds is 4. The highest BCUT2D eigenvalue weighted by Crippen LogP contribution is 2.32. The van der Waals surface area contributed by atoms with Gasteiger partial charge in [0, 0.05) is 24.4 Å². The van der Waals surface area contributed by atoms with Gasteiger partial charge < -0.3 is 11.1 Å². The highest BCUT2D eigenvalue weighted by Gasteiger charge is 2.46. The van der Waals surface area contributed by atoms with Crippen LogP contribution in [0.3, 0.4) is 0 Å². The summed E-state index contributed by atoms with van der Waals surface area (Å²) in [6.07, 6.45) is 5.18. The van der Waals surface area contributed by atoms with Gasteiger partial charge in [0.2, 0.25) is 5.91 Å². The molecule has 4 nitrogen and oxygen atoms in total. The van der Waals surface area contributed by atoms with E-state index in [-0.39, 0.29) is 11.3 Å². The van der Waals surface area contributed by atoms with Crippen LogP contribution in [0.5, 0.6) is 0 Å². The second-order valence-electron chi connectivity index (χ2n) is 5.46. The Morgan fingerprint density at radius 3 is 2.82 bits per heavy atom. The Hall–Kier alpha value is -1.42. The first-order chi connectivity index (χ1) is 7.94. The van der Waals surface area contributed by atoms with Gasteiger partial charge in [-0.25, -0.2) is 0 Å². The van der Waals surface area contributed by atoms with Crippen molar-refractivity contribution in [1.29, 1.82) is 0 Å². The summed E-state index contributed by atoms with van der Waals surface area (Å²) in [5.74, 6) is -0.0329. The van der Waals surface area contributed by atoms with Gasteiger partial charge in [-0.15, -0.1) is 0 Å². The van der Waals surface area contributed by atoms with E-state index >= 15 is 0 Å². The molecule has 4 heteroatoms. The van der Waals surface area contributed by atoms with Crippen LogP contribution in [0.2, 0.25) is 0 Å². The lowest BCUT2D eigenvalue weighted by molar-refractivity contribution is -0.123. The molecule has 1 heterocycles. The number of carbonyl (C=O) groups excluding carboxylic acids is 1. The second kappa shape index (κ2) is 4.11. The third-order valence-corrected chi connectivity index (χ3v) is 3.37. The van der Waals surface area contributed by atoms with Crippen molar-refractivity contribution in [3.05, 3.63) is 30.1 Å². The van der Waals surface area contributed by atoms with Gasteiger partial charge in [-0.2, -0.15) is 0 Å². The van der Waals surface area contributed by atoms with E-state index in [1.807, 2.05) is 18.3 Å². The number of amides is 1. The Morgan fingerprint density at radius 2 is 2.29 bits per heavy atom. The first kappa shape index (κ1) is 12.0. The van der Waals surface area contributed by atoms with E-state index < -0.39 is 5.54 Å². The van der Waals surface area contributed by atoms with E-state index in [0.717, 1.165) is 18.4 Å². The maximum absolute atomic E-state index is 11.8. The first-order valence-electron chi connectivity index (χ1n) is 5.92. The van der Waals surface area contributed by atoms with Crippen LogP contribution in [0.4, 0.5) is 0 Å². The van der Waals surface area contributed by atoms with Crippen molar-refractivity contribution in [2.75, 3.05) is 6.54 Å². The van der Waals surface area contributed by atoms with Crippen molar-refractivity contribution in [2.45, 2.75) is 37.6 Å². The summed E-state index contributed by atoms with van der Waals surface area (Å²) in [4.78, 5) is 15.9. The lowest BCUT2D eigenvalue weighted by atomic mass is 9.85. The predicted octanol–water partition coefficient (Wildman–Crippen LogP) is 0.967. The third kappa shape index (κ3) is 2.64. The minimum absolute atomic E-state index is 0.0329. The SMILES string of the molecule is CC(C)(CNC(=O)C1(N)CC1)c1cccnc1. The lowest BCUT2D eigenvalue weighted by Crippen LogP contribution is -2.46. The summed E-state index contributed by atoms with van der Waals surface area (Å²) in [6, 6.07) is 3.93. The minimum atomic E-state index is -0.592. The van der Waals surface area contributed by atoms with Crippen LogP contribution >= 0.6 is 0 Å². The van der Waals surface area contributed by atoms with Crippen LogP contribution in [0, 0.1) is 0 Å². The van der Waals surface area contributed by atoms with Gasteiger partial charge in [0.05, 0.1) is 5.54 Å². The Kier molecular flexibility index (Phi) is 2.91. The van der Waals surface area contributed by atoms with E-state index in [2.05, 4.69) is 24.1 Å². The number of nitrogens with zero attached hydrogens (tertiary/aromatic N) is 1. The lowest BCUT2D eigenvalue weighted by Gasteiger charge is -2.26. The quantitative estimate of drug-likeness (QED) is 0.814. The zero-order valence-corrected chi connectivity index (χ0v) is 10.4. The first-order valence-corrected chi connectivity index (χ1v) is 5.92. The van der Waals surface area contributed by atoms with Gasteiger partial charge in [-0.1, -0.05) is 19.9 Å². The fourth-order valence-corrected chi connectivity index (χ4v) is 1.70. The number of nitrogens with one attached hydrogen (secondary N) is 1. The fraction of sp³-hybridized carbons (Fsp3) is 0.538. The van der Waals surface area contributed by atoms with Crippen molar-refractivity contribution in [3.63, 3.8) is 0 Å². The van der Waals surface area contributed by atoms with Crippen molar-refractivity contribution < 1.29 is 4.79 Å². The van der Waals surface area contributed by atoms with E-state index in [1.165, 1.54) is 0 Å². The van der Waals surface area contributed by atoms with E-state index in [0.29, 0.717) is 6.54 Å². The zero-order valence-electron chi connectivity index (χ0n) is 10.4. The van der Waals surface area contributed by atoms with Crippen LogP contribution in [0.1, 0.15) is 32.3 Å². The number of pyridine rings is 1. The minimum Gasteiger partial charge on any atom is -0.354 e. The molecule has 2 rings (SSSR count). The number of carbonyl (C=O) groups is 1. The third-order valence-electron chi connectivity index (χ3n) is 3.37. The molecule has 92 valence electrons. The van der Waals surface area contributed by atoms with Gasteiger partial charge in [0.1, 0.15) is 0 Å². The molecule has 1 aliphatic carbocycles. The van der Waals surface area contributed by atoms with Crippen molar-refractivity contribution >= 4 is 5.91 Å². The summed E-state index contributed by atoms with van der Waals surface area (Å²) in [5, 5.41) is 2.93. The smallest absolute Gasteiger partial charge is 0.240 e. The molecule has 3 N–H and O–H groups in total. The number of aromatic nitrogens is 1. The molecule has 1 fully saturated rings. The molecule has 0 spiro atoms. The largest absolute Gasteiger partial charge is 0.354 e. The molecular weight excluding hydrogens is 214 g/mol. The van der Waals surface area contributed by atoms with E-state index in [9.17, 15) is 4.79 Å². The van der Waals surface area contributed by atoms with Crippen molar-refractivity contribution in [3.8, 4) is 0 Å². The molecule has 0 aliphatic heterocycles. The molecular formula is C13H19N3O. The van der Waals surface area contributed by atoms with Crippen LogP contribution in [0.25, 0.3) is 0 Å². The Labute approximate surface area is 102 Å². The van der Waals surface area contributed by atoms with Gasteiger partial charge in [0.25, 0.3) is 0 Å². The Morgan fingerprint density at radius 1 is 1.59 bits per heavy atom. The molecule has 1 aromatic rings. The molecule has 0 bridgehead atoms. The molecule has 0 saturated heterocycles. The van der Waals surface area contributed by atoms with Crippen LogP contribution in [0.15, 0.2) is 24.5 Å². The molecule has 0 atom stereocenters.